The van der Waals surface area contributed by atoms with Crippen LogP contribution < -0.4 is 5.32 Å². The Morgan fingerprint density at radius 1 is 1.35 bits per heavy atom. The van der Waals surface area contributed by atoms with Crippen LogP contribution in [0.4, 0.5) is 0 Å². The van der Waals surface area contributed by atoms with Crippen LogP contribution in [-0.4, -0.2) is 17.6 Å². The molecule has 94 valence electrons. The predicted molar refractivity (Wildman–Crippen MR) is 77.3 cm³/mol. The Hall–Kier alpha value is -0.780. The van der Waals surface area contributed by atoms with Crippen LogP contribution in [0.5, 0.6) is 5.75 Å². The van der Waals surface area contributed by atoms with Crippen LogP contribution in [0, 0.1) is 3.57 Å². The van der Waals surface area contributed by atoms with Crippen LogP contribution in [0.3, 0.4) is 0 Å². The number of phenolic OH excluding ortho intramolecular Hbond substituents is 1. The first-order valence-corrected chi connectivity index (χ1v) is 6.99. The lowest BCUT2D eigenvalue weighted by Gasteiger charge is -2.06. The second-order valence-electron chi connectivity index (χ2n) is 3.98. The van der Waals surface area contributed by atoms with Gasteiger partial charge in [0, 0.05) is 12.1 Å². The molecular formula is C13H18INO2. The Kier molecular flexibility index (Phi) is 6.32. The average molecular weight is 347 g/mol. The minimum Gasteiger partial charge on any atom is -0.507 e. The van der Waals surface area contributed by atoms with Gasteiger partial charge in [0.05, 0.1) is 3.57 Å². The highest BCUT2D eigenvalue weighted by Crippen LogP contribution is 2.20. The van der Waals surface area contributed by atoms with Crippen LogP contribution in [0.1, 0.15) is 43.0 Å². The van der Waals surface area contributed by atoms with Gasteiger partial charge < -0.3 is 10.4 Å². The summed E-state index contributed by atoms with van der Waals surface area (Å²) in [5, 5.41) is 12.4. The molecule has 1 rings (SSSR count). The smallest absolute Gasteiger partial charge is 0.251 e. The van der Waals surface area contributed by atoms with Crippen LogP contribution in [0.15, 0.2) is 18.2 Å². The monoisotopic (exact) mass is 347 g/mol. The number of halogens is 1. The van der Waals surface area contributed by atoms with Crippen molar-refractivity contribution in [1.82, 2.24) is 5.32 Å². The van der Waals surface area contributed by atoms with Crippen molar-refractivity contribution in [3.63, 3.8) is 0 Å². The van der Waals surface area contributed by atoms with Crippen molar-refractivity contribution in [2.75, 3.05) is 6.54 Å². The van der Waals surface area contributed by atoms with Gasteiger partial charge in [-0.3, -0.25) is 4.79 Å². The van der Waals surface area contributed by atoms with E-state index in [0.717, 1.165) is 16.4 Å². The van der Waals surface area contributed by atoms with Gasteiger partial charge in [-0.25, -0.2) is 0 Å². The highest BCUT2D eigenvalue weighted by molar-refractivity contribution is 14.1. The van der Waals surface area contributed by atoms with E-state index in [0.29, 0.717) is 12.1 Å². The first kappa shape index (κ1) is 14.3. The molecule has 17 heavy (non-hydrogen) atoms. The van der Waals surface area contributed by atoms with E-state index in [-0.39, 0.29) is 11.7 Å². The molecule has 0 radical (unpaired) electrons. The quantitative estimate of drug-likeness (QED) is 0.613. The zero-order valence-electron chi connectivity index (χ0n) is 10.0. The van der Waals surface area contributed by atoms with Gasteiger partial charge in [0.2, 0.25) is 0 Å². The minimum atomic E-state index is -0.117. The van der Waals surface area contributed by atoms with Crippen molar-refractivity contribution < 1.29 is 9.90 Å². The molecule has 0 aliphatic heterocycles. The zero-order valence-corrected chi connectivity index (χ0v) is 12.2. The van der Waals surface area contributed by atoms with Crippen molar-refractivity contribution >= 4 is 28.5 Å². The van der Waals surface area contributed by atoms with E-state index < -0.39 is 0 Å². The molecule has 0 saturated heterocycles. The van der Waals surface area contributed by atoms with Crippen molar-refractivity contribution in [3.8, 4) is 5.75 Å². The Bertz CT molecular complexity index is 380. The zero-order chi connectivity index (χ0) is 12.7. The molecule has 0 spiro atoms. The lowest BCUT2D eigenvalue weighted by Crippen LogP contribution is -2.24. The maximum atomic E-state index is 11.7. The number of carbonyl (C=O) groups excluding carboxylic acids is 1. The highest BCUT2D eigenvalue weighted by Gasteiger charge is 2.07. The van der Waals surface area contributed by atoms with Gasteiger partial charge in [0.25, 0.3) is 5.91 Å². The van der Waals surface area contributed by atoms with E-state index in [1.165, 1.54) is 18.9 Å². The molecular weight excluding hydrogens is 329 g/mol. The molecule has 2 N–H and O–H groups in total. The van der Waals surface area contributed by atoms with Gasteiger partial charge >= 0.3 is 0 Å². The first-order valence-electron chi connectivity index (χ1n) is 5.92. The summed E-state index contributed by atoms with van der Waals surface area (Å²) in [6.45, 7) is 2.86. The van der Waals surface area contributed by atoms with E-state index >= 15 is 0 Å². The Morgan fingerprint density at radius 2 is 2.12 bits per heavy atom. The summed E-state index contributed by atoms with van der Waals surface area (Å²) in [6.07, 6.45) is 4.56. The van der Waals surface area contributed by atoms with Crippen molar-refractivity contribution in [2.24, 2.45) is 0 Å². The molecule has 4 heteroatoms. The van der Waals surface area contributed by atoms with Crippen LogP contribution >= 0.6 is 22.6 Å². The second-order valence-corrected chi connectivity index (χ2v) is 5.14. The normalized spacial score (nSPS) is 10.2. The summed E-state index contributed by atoms with van der Waals surface area (Å²) in [5.41, 5.74) is 0.512. The number of aromatic hydroxyl groups is 1. The fraction of sp³-hybridized carbons (Fsp3) is 0.462. The Balaban J connectivity index is 2.39. The van der Waals surface area contributed by atoms with Crippen molar-refractivity contribution in [1.29, 1.82) is 0 Å². The van der Waals surface area contributed by atoms with E-state index in [2.05, 4.69) is 12.2 Å². The number of unbranched alkanes of at least 4 members (excludes halogenated alkanes) is 3. The third kappa shape index (κ3) is 4.93. The molecule has 0 atom stereocenters. The van der Waals surface area contributed by atoms with Gasteiger partial charge in [-0.1, -0.05) is 26.2 Å². The van der Waals surface area contributed by atoms with Gasteiger partial charge in [0.15, 0.2) is 0 Å². The molecule has 0 aliphatic carbocycles. The Labute approximate surface area is 116 Å². The lowest BCUT2D eigenvalue weighted by molar-refractivity contribution is 0.0952. The number of benzene rings is 1. The average Bonchev–Trinajstić information content (AvgIpc) is 2.32. The van der Waals surface area contributed by atoms with Gasteiger partial charge in [-0.2, -0.15) is 0 Å². The molecule has 0 fully saturated rings. The lowest BCUT2D eigenvalue weighted by atomic mass is 10.2. The number of hydrogen-bond acceptors (Lipinski definition) is 2. The van der Waals surface area contributed by atoms with Crippen LogP contribution in [0.25, 0.3) is 0 Å². The van der Waals surface area contributed by atoms with E-state index in [1.54, 1.807) is 12.1 Å². The molecule has 0 aromatic heterocycles. The molecule has 0 saturated carbocycles. The standard InChI is InChI=1S/C13H18INO2/c1-2-3-4-5-8-15-13(17)10-6-7-11(14)12(16)9-10/h6-7,9,16H,2-5,8H2,1H3,(H,15,17). The summed E-state index contributed by atoms with van der Waals surface area (Å²) in [7, 11) is 0. The summed E-state index contributed by atoms with van der Waals surface area (Å²) in [6, 6.07) is 4.97. The van der Waals surface area contributed by atoms with Crippen molar-refractivity contribution in [2.45, 2.75) is 32.6 Å². The van der Waals surface area contributed by atoms with E-state index in [1.807, 2.05) is 22.6 Å². The molecule has 0 heterocycles. The molecule has 0 aliphatic rings. The maximum absolute atomic E-state index is 11.7. The number of hydrogen-bond donors (Lipinski definition) is 2. The summed E-state index contributed by atoms with van der Waals surface area (Å²) >= 11 is 2.03. The highest BCUT2D eigenvalue weighted by atomic mass is 127. The van der Waals surface area contributed by atoms with E-state index in [9.17, 15) is 9.90 Å². The van der Waals surface area contributed by atoms with Gasteiger partial charge in [0.1, 0.15) is 5.75 Å². The predicted octanol–water partition coefficient (Wildman–Crippen LogP) is 3.31. The second kappa shape index (κ2) is 7.53. The number of amides is 1. The van der Waals surface area contributed by atoms with Crippen LogP contribution in [-0.2, 0) is 0 Å². The summed E-state index contributed by atoms with van der Waals surface area (Å²) in [4.78, 5) is 11.7. The van der Waals surface area contributed by atoms with Crippen molar-refractivity contribution in [3.05, 3.63) is 27.3 Å². The minimum absolute atomic E-state index is 0.117. The summed E-state index contributed by atoms with van der Waals surface area (Å²) in [5.74, 6) is 0.0393. The molecule has 1 amide bonds. The van der Waals surface area contributed by atoms with Crippen LogP contribution in [0.2, 0.25) is 0 Å². The van der Waals surface area contributed by atoms with E-state index in [4.69, 9.17) is 0 Å². The number of carbonyl (C=O) groups is 1. The first-order chi connectivity index (χ1) is 8.15. The number of rotatable bonds is 6. The Morgan fingerprint density at radius 3 is 2.76 bits per heavy atom. The maximum Gasteiger partial charge on any atom is 0.251 e. The fourth-order valence-corrected chi connectivity index (χ4v) is 1.85. The van der Waals surface area contributed by atoms with Gasteiger partial charge in [-0.15, -0.1) is 0 Å². The summed E-state index contributed by atoms with van der Waals surface area (Å²) < 4.78 is 0.752. The molecule has 0 bridgehead atoms. The fourth-order valence-electron chi connectivity index (χ4n) is 1.51. The third-order valence-electron chi connectivity index (χ3n) is 2.52. The third-order valence-corrected chi connectivity index (χ3v) is 3.44. The number of phenols is 1. The SMILES string of the molecule is CCCCCCNC(=O)c1ccc(I)c(O)c1. The topological polar surface area (TPSA) is 49.3 Å². The molecule has 1 aromatic carbocycles. The molecule has 0 unspecified atom stereocenters. The van der Waals surface area contributed by atoms with Gasteiger partial charge in [-0.05, 0) is 47.2 Å². The molecule has 1 aromatic rings. The largest absolute Gasteiger partial charge is 0.507 e. The number of nitrogens with one attached hydrogen (secondary N) is 1. The molecule has 3 nitrogen and oxygen atoms in total.